The molecule has 1 aromatic carbocycles. The Hall–Kier alpha value is -1.86. The van der Waals surface area contributed by atoms with Gasteiger partial charge >= 0.3 is 0 Å². The normalized spacial score (nSPS) is 19.3. The number of thiazole rings is 1. The molecule has 26 heavy (non-hydrogen) atoms. The summed E-state index contributed by atoms with van der Waals surface area (Å²) in [6.45, 7) is 2.50. The molecule has 1 aromatic heterocycles. The van der Waals surface area contributed by atoms with Crippen LogP contribution in [-0.4, -0.2) is 28.6 Å². The highest BCUT2D eigenvalue weighted by atomic mass is 32.2. The lowest BCUT2D eigenvalue weighted by Crippen LogP contribution is -2.35. The third-order valence-corrected chi connectivity index (χ3v) is 6.54. The van der Waals surface area contributed by atoms with Crippen LogP contribution in [0.5, 0.6) is 0 Å². The average Bonchev–Trinajstić information content (AvgIpc) is 3.28. The average molecular weight is 390 g/mol. The Kier molecular flexibility index (Phi) is 6.68. The van der Waals surface area contributed by atoms with E-state index in [4.69, 9.17) is 0 Å². The third kappa shape index (κ3) is 5.57. The van der Waals surface area contributed by atoms with Crippen molar-refractivity contribution in [1.82, 2.24) is 15.6 Å². The monoisotopic (exact) mass is 389 g/mol. The van der Waals surface area contributed by atoms with E-state index in [-0.39, 0.29) is 23.8 Å². The maximum atomic E-state index is 12.3. The number of nitrogens with one attached hydrogen (secondary N) is 2. The number of aryl methyl sites for hydroxylation is 1. The first-order valence-electron chi connectivity index (χ1n) is 8.76. The molecule has 0 spiro atoms. The Bertz CT molecular complexity index is 748. The minimum Gasteiger partial charge on any atom is -0.353 e. The molecule has 0 aliphatic heterocycles. The molecule has 2 aromatic rings. The minimum atomic E-state index is -0.0155. The number of rotatable bonds is 7. The maximum absolute atomic E-state index is 12.3. The molecule has 1 aliphatic rings. The van der Waals surface area contributed by atoms with E-state index in [9.17, 15) is 9.59 Å². The fourth-order valence-corrected chi connectivity index (χ4v) is 4.74. The number of benzene rings is 1. The molecule has 2 unspecified atom stereocenters. The molecule has 138 valence electrons. The standard InChI is InChI=1S/C19H23N3O2S2/c1-13-11-25-19(21-13)26-12-17(23)22-16-8-7-15(9-16)18(24)20-10-14-5-3-2-4-6-14/h2-6,11,15-16H,7-10,12H2,1H3,(H,20,24)(H,22,23). The second kappa shape index (κ2) is 9.19. The number of carbonyl (C=O) groups excluding carboxylic acids is 2. The van der Waals surface area contributed by atoms with E-state index >= 15 is 0 Å². The zero-order valence-electron chi connectivity index (χ0n) is 14.7. The zero-order valence-corrected chi connectivity index (χ0v) is 16.4. The SMILES string of the molecule is Cc1csc(SCC(=O)NC2CCC(C(=O)NCc3ccccc3)C2)n1. The first-order valence-corrected chi connectivity index (χ1v) is 10.6. The molecular formula is C19H23N3O2S2. The smallest absolute Gasteiger partial charge is 0.230 e. The van der Waals surface area contributed by atoms with Crippen LogP contribution in [0.25, 0.3) is 0 Å². The molecule has 2 N–H and O–H groups in total. The van der Waals surface area contributed by atoms with Crippen molar-refractivity contribution in [2.24, 2.45) is 5.92 Å². The van der Waals surface area contributed by atoms with Crippen LogP contribution in [0.3, 0.4) is 0 Å². The number of hydrogen-bond acceptors (Lipinski definition) is 5. The largest absolute Gasteiger partial charge is 0.353 e. The first-order chi connectivity index (χ1) is 12.6. The lowest BCUT2D eigenvalue weighted by molar-refractivity contribution is -0.125. The van der Waals surface area contributed by atoms with Crippen LogP contribution >= 0.6 is 23.1 Å². The van der Waals surface area contributed by atoms with Crippen LogP contribution in [0.1, 0.15) is 30.5 Å². The highest BCUT2D eigenvalue weighted by Gasteiger charge is 2.30. The van der Waals surface area contributed by atoms with Gasteiger partial charge in [0.2, 0.25) is 11.8 Å². The predicted octanol–water partition coefficient (Wildman–Crippen LogP) is 3.14. The van der Waals surface area contributed by atoms with Crippen LogP contribution in [0.2, 0.25) is 0 Å². The second-order valence-corrected chi connectivity index (χ2v) is 8.60. The molecule has 0 saturated heterocycles. The van der Waals surface area contributed by atoms with Crippen LogP contribution < -0.4 is 10.6 Å². The molecule has 1 heterocycles. The van der Waals surface area contributed by atoms with Crippen molar-refractivity contribution in [3.05, 3.63) is 47.0 Å². The summed E-state index contributed by atoms with van der Waals surface area (Å²) in [6, 6.07) is 9.98. The molecule has 5 nitrogen and oxygen atoms in total. The van der Waals surface area contributed by atoms with Crippen molar-refractivity contribution in [2.75, 3.05) is 5.75 Å². The molecular weight excluding hydrogens is 366 g/mol. The van der Waals surface area contributed by atoms with E-state index in [0.29, 0.717) is 18.7 Å². The summed E-state index contributed by atoms with van der Waals surface area (Å²) in [5.74, 6) is 0.448. The van der Waals surface area contributed by atoms with Crippen LogP contribution in [0.4, 0.5) is 0 Å². The van der Waals surface area contributed by atoms with Crippen molar-refractivity contribution in [3.63, 3.8) is 0 Å². The van der Waals surface area contributed by atoms with E-state index in [1.54, 1.807) is 11.3 Å². The van der Waals surface area contributed by atoms with Gasteiger partial charge < -0.3 is 10.6 Å². The van der Waals surface area contributed by atoms with E-state index in [2.05, 4.69) is 15.6 Å². The number of aromatic nitrogens is 1. The molecule has 1 fully saturated rings. The Morgan fingerprint density at radius 2 is 2.08 bits per heavy atom. The summed E-state index contributed by atoms with van der Waals surface area (Å²) in [5.41, 5.74) is 2.08. The van der Waals surface area contributed by atoms with Crippen molar-refractivity contribution in [2.45, 2.75) is 43.1 Å². The molecule has 0 bridgehead atoms. The number of thioether (sulfide) groups is 1. The third-order valence-electron chi connectivity index (χ3n) is 4.40. The summed E-state index contributed by atoms with van der Waals surface area (Å²) in [7, 11) is 0. The van der Waals surface area contributed by atoms with Gasteiger partial charge in [0.25, 0.3) is 0 Å². The number of nitrogens with zero attached hydrogens (tertiary/aromatic N) is 1. The predicted molar refractivity (Wildman–Crippen MR) is 105 cm³/mol. The van der Waals surface area contributed by atoms with Gasteiger partial charge in [0.05, 0.1) is 5.75 Å². The molecule has 0 radical (unpaired) electrons. The van der Waals surface area contributed by atoms with Crippen molar-refractivity contribution in [1.29, 1.82) is 0 Å². The quantitative estimate of drug-likeness (QED) is 0.714. The second-order valence-electron chi connectivity index (χ2n) is 6.52. The fraction of sp³-hybridized carbons (Fsp3) is 0.421. The lowest BCUT2D eigenvalue weighted by atomic mass is 10.1. The van der Waals surface area contributed by atoms with Gasteiger partial charge in [-0.3, -0.25) is 9.59 Å². The topological polar surface area (TPSA) is 71.1 Å². The summed E-state index contributed by atoms with van der Waals surface area (Å²) in [4.78, 5) is 28.8. The summed E-state index contributed by atoms with van der Waals surface area (Å²) in [6.07, 6.45) is 2.40. The highest BCUT2D eigenvalue weighted by Crippen LogP contribution is 2.26. The molecule has 3 rings (SSSR count). The number of carbonyl (C=O) groups is 2. The van der Waals surface area contributed by atoms with Gasteiger partial charge in [0, 0.05) is 29.6 Å². The lowest BCUT2D eigenvalue weighted by Gasteiger charge is -2.13. The highest BCUT2D eigenvalue weighted by molar-refractivity contribution is 8.01. The van der Waals surface area contributed by atoms with Gasteiger partial charge in [-0.1, -0.05) is 42.1 Å². The molecule has 2 atom stereocenters. The molecule has 1 saturated carbocycles. The number of hydrogen-bond donors (Lipinski definition) is 2. The van der Waals surface area contributed by atoms with Crippen LogP contribution in [0, 0.1) is 12.8 Å². The van der Waals surface area contributed by atoms with Crippen molar-refractivity contribution < 1.29 is 9.59 Å². The van der Waals surface area contributed by atoms with Crippen LogP contribution in [0.15, 0.2) is 40.1 Å². The maximum Gasteiger partial charge on any atom is 0.230 e. The van der Waals surface area contributed by atoms with Gasteiger partial charge in [-0.15, -0.1) is 11.3 Å². The Morgan fingerprint density at radius 1 is 1.27 bits per heavy atom. The van der Waals surface area contributed by atoms with Gasteiger partial charge in [-0.2, -0.15) is 0 Å². The van der Waals surface area contributed by atoms with Crippen molar-refractivity contribution >= 4 is 34.9 Å². The van der Waals surface area contributed by atoms with E-state index in [0.717, 1.165) is 28.4 Å². The minimum absolute atomic E-state index is 0.0122. The molecule has 1 aliphatic carbocycles. The Morgan fingerprint density at radius 3 is 2.81 bits per heavy atom. The van der Waals surface area contributed by atoms with Gasteiger partial charge in [0.1, 0.15) is 0 Å². The Balaban J connectivity index is 1.37. The van der Waals surface area contributed by atoms with E-state index in [1.807, 2.05) is 42.6 Å². The summed E-state index contributed by atoms with van der Waals surface area (Å²) in [5, 5.41) is 8.03. The first kappa shape index (κ1) is 18.9. The van der Waals surface area contributed by atoms with Crippen molar-refractivity contribution in [3.8, 4) is 0 Å². The fourth-order valence-electron chi connectivity index (χ4n) is 3.08. The Labute approximate surface area is 162 Å². The zero-order chi connectivity index (χ0) is 18.4. The van der Waals surface area contributed by atoms with Crippen LogP contribution in [-0.2, 0) is 16.1 Å². The number of amides is 2. The van der Waals surface area contributed by atoms with Gasteiger partial charge in [-0.25, -0.2) is 4.98 Å². The molecule has 2 amide bonds. The van der Waals surface area contributed by atoms with E-state index < -0.39 is 0 Å². The molecule has 7 heteroatoms. The summed E-state index contributed by atoms with van der Waals surface area (Å²) >= 11 is 3.02. The van der Waals surface area contributed by atoms with E-state index in [1.165, 1.54) is 11.8 Å². The van der Waals surface area contributed by atoms with Gasteiger partial charge in [0.15, 0.2) is 4.34 Å². The van der Waals surface area contributed by atoms with Gasteiger partial charge in [-0.05, 0) is 31.7 Å². The summed E-state index contributed by atoms with van der Waals surface area (Å²) < 4.78 is 0.919.